The predicted molar refractivity (Wildman–Crippen MR) is 71.5 cm³/mol. The lowest BCUT2D eigenvalue weighted by Gasteiger charge is -2.10. The predicted octanol–water partition coefficient (Wildman–Crippen LogP) is 1.48. The van der Waals surface area contributed by atoms with Crippen molar-refractivity contribution in [2.24, 2.45) is 7.05 Å². The van der Waals surface area contributed by atoms with Crippen molar-refractivity contribution in [1.29, 1.82) is 0 Å². The van der Waals surface area contributed by atoms with Crippen LogP contribution >= 0.6 is 11.8 Å². The van der Waals surface area contributed by atoms with Crippen LogP contribution in [0.5, 0.6) is 0 Å². The molecular weight excluding hydrogens is 248 g/mol. The molecule has 1 atom stereocenters. The van der Waals surface area contributed by atoms with Crippen molar-refractivity contribution in [1.82, 2.24) is 20.1 Å². The molecule has 1 heterocycles. The smallest absolute Gasteiger partial charge is 0.233 e. The van der Waals surface area contributed by atoms with Gasteiger partial charge in [0.2, 0.25) is 5.91 Å². The monoisotopic (exact) mass is 266 g/mol. The van der Waals surface area contributed by atoms with Crippen LogP contribution in [0.25, 0.3) is 0 Å². The zero-order chi connectivity index (χ0) is 13.1. The summed E-state index contributed by atoms with van der Waals surface area (Å²) in [6.07, 6.45) is 4.07. The van der Waals surface area contributed by atoms with Gasteiger partial charge in [-0.25, -0.2) is 0 Å². The zero-order valence-electron chi connectivity index (χ0n) is 10.7. The minimum atomic E-state index is -0.181. The van der Waals surface area contributed by atoms with Crippen molar-refractivity contribution in [3.63, 3.8) is 0 Å². The third-order valence-corrected chi connectivity index (χ3v) is 4.02. The van der Waals surface area contributed by atoms with Gasteiger partial charge in [-0.2, -0.15) is 0 Å². The Morgan fingerprint density at radius 2 is 2.39 bits per heavy atom. The quantitative estimate of drug-likeness (QED) is 0.626. The normalized spacial score (nSPS) is 16.3. The van der Waals surface area contributed by atoms with E-state index >= 15 is 0 Å². The number of hydrogen-bond acceptors (Lipinski definition) is 4. The standard InChI is InChI=1S/C12H18N4OS/c1-4-7-13-11(17)8(2)18-12-15-14-10(16(12)3)9-5-6-9/h4,8-9H,1,5-7H2,2-3H3,(H,13,17). The summed E-state index contributed by atoms with van der Waals surface area (Å²) in [5.74, 6) is 1.61. The van der Waals surface area contributed by atoms with E-state index in [9.17, 15) is 4.79 Å². The number of nitrogens with one attached hydrogen (secondary N) is 1. The minimum Gasteiger partial charge on any atom is -0.352 e. The first-order valence-electron chi connectivity index (χ1n) is 6.08. The molecule has 0 aliphatic heterocycles. The molecule has 1 fully saturated rings. The number of aromatic nitrogens is 3. The molecule has 2 rings (SSSR count). The average molecular weight is 266 g/mol. The van der Waals surface area contributed by atoms with Gasteiger partial charge in [-0.3, -0.25) is 4.79 Å². The van der Waals surface area contributed by atoms with Gasteiger partial charge in [-0.1, -0.05) is 17.8 Å². The summed E-state index contributed by atoms with van der Waals surface area (Å²) >= 11 is 1.44. The summed E-state index contributed by atoms with van der Waals surface area (Å²) in [6, 6.07) is 0. The number of carbonyl (C=O) groups is 1. The van der Waals surface area contributed by atoms with E-state index < -0.39 is 0 Å². The van der Waals surface area contributed by atoms with Crippen molar-refractivity contribution < 1.29 is 4.79 Å². The van der Waals surface area contributed by atoms with E-state index in [1.807, 2.05) is 18.5 Å². The van der Waals surface area contributed by atoms with Gasteiger partial charge in [-0.15, -0.1) is 16.8 Å². The lowest BCUT2D eigenvalue weighted by molar-refractivity contribution is -0.120. The molecule has 1 aliphatic rings. The highest BCUT2D eigenvalue weighted by Crippen LogP contribution is 2.39. The van der Waals surface area contributed by atoms with E-state index in [2.05, 4.69) is 22.1 Å². The molecule has 1 amide bonds. The third kappa shape index (κ3) is 2.93. The SMILES string of the molecule is C=CCNC(=O)C(C)Sc1nnc(C2CC2)n1C. The second-order valence-corrected chi connectivity index (χ2v) is 5.78. The molecule has 1 N–H and O–H groups in total. The van der Waals surface area contributed by atoms with Crippen LogP contribution in [0.15, 0.2) is 17.8 Å². The molecule has 5 nitrogen and oxygen atoms in total. The summed E-state index contributed by atoms with van der Waals surface area (Å²) in [5, 5.41) is 11.8. The van der Waals surface area contributed by atoms with Gasteiger partial charge in [0.1, 0.15) is 5.82 Å². The van der Waals surface area contributed by atoms with Crippen LogP contribution in [-0.2, 0) is 11.8 Å². The second-order valence-electron chi connectivity index (χ2n) is 4.47. The van der Waals surface area contributed by atoms with Crippen LogP contribution in [0.3, 0.4) is 0 Å². The third-order valence-electron chi connectivity index (χ3n) is 2.88. The van der Waals surface area contributed by atoms with Crippen molar-refractivity contribution in [3.05, 3.63) is 18.5 Å². The Kier molecular flexibility index (Phi) is 4.06. The van der Waals surface area contributed by atoms with Crippen molar-refractivity contribution in [2.75, 3.05) is 6.54 Å². The van der Waals surface area contributed by atoms with Gasteiger partial charge >= 0.3 is 0 Å². The molecule has 1 aliphatic carbocycles. The summed E-state index contributed by atoms with van der Waals surface area (Å²) in [5.41, 5.74) is 0. The molecule has 0 aromatic carbocycles. The van der Waals surface area contributed by atoms with Crippen LogP contribution in [-0.4, -0.2) is 32.5 Å². The Hall–Kier alpha value is -1.30. The van der Waals surface area contributed by atoms with Gasteiger partial charge in [0.15, 0.2) is 5.16 Å². The Morgan fingerprint density at radius 3 is 3.00 bits per heavy atom. The van der Waals surface area contributed by atoms with E-state index in [1.165, 1.54) is 24.6 Å². The Balaban J connectivity index is 1.95. The van der Waals surface area contributed by atoms with Crippen molar-refractivity contribution in [2.45, 2.75) is 36.1 Å². The molecule has 0 saturated heterocycles. The molecule has 1 aromatic rings. The largest absolute Gasteiger partial charge is 0.352 e. The second kappa shape index (κ2) is 5.56. The Labute approximate surface area is 111 Å². The molecule has 0 spiro atoms. The summed E-state index contributed by atoms with van der Waals surface area (Å²) in [7, 11) is 1.96. The number of amides is 1. The maximum atomic E-state index is 11.7. The van der Waals surface area contributed by atoms with Gasteiger partial charge in [0, 0.05) is 19.5 Å². The fourth-order valence-corrected chi connectivity index (χ4v) is 2.50. The van der Waals surface area contributed by atoms with Crippen LogP contribution in [0.2, 0.25) is 0 Å². The molecule has 1 unspecified atom stereocenters. The van der Waals surface area contributed by atoms with Gasteiger partial charge in [0.25, 0.3) is 0 Å². The first-order valence-corrected chi connectivity index (χ1v) is 6.96. The summed E-state index contributed by atoms with van der Waals surface area (Å²) in [4.78, 5) is 11.7. The topological polar surface area (TPSA) is 59.8 Å². The van der Waals surface area contributed by atoms with Crippen LogP contribution in [0, 0.1) is 0 Å². The Morgan fingerprint density at radius 1 is 1.67 bits per heavy atom. The van der Waals surface area contributed by atoms with Crippen LogP contribution in [0.4, 0.5) is 0 Å². The highest BCUT2D eigenvalue weighted by atomic mass is 32.2. The maximum Gasteiger partial charge on any atom is 0.233 e. The number of rotatable bonds is 6. The fraction of sp³-hybridized carbons (Fsp3) is 0.583. The number of nitrogens with zero attached hydrogens (tertiary/aromatic N) is 3. The first-order chi connectivity index (χ1) is 8.63. The highest BCUT2D eigenvalue weighted by Gasteiger charge is 2.30. The Bertz CT molecular complexity index is 453. The van der Waals surface area contributed by atoms with E-state index in [4.69, 9.17) is 0 Å². The van der Waals surface area contributed by atoms with E-state index in [0.29, 0.717) is 12.5 Å². The average Bonchev–Trinajstić information content (AvgIpc) is 3.13. The molecule has 1 saturated carbocycles. The van der Waals surface area contributed by atoms with Crippen molar-refractivity contribution >= 4 is 17.7 Å². The molecule has 18 heavy (non-hydrogen) atoms. The lowest BCUT2D eigenvalue weighted by atomic mass is 10.4. The van der Waals surface area contributed by atoms with E-state index in [0.717, 1.165) is 11.0 Å². The van der Waals surface area contributed by atoms with Crippen LogP contribution in [0.1, 0.15) is 31.5 Å². The van der Waals surface area contributed by atoms with Gasteiger partial charge in [0.05, 0.1) is 5.25 Å². The summed E-state index contributed by atoms with van der Waals surface area (Å²) in [6.45, 7) is 5.94. The molecule has 0 radical (unpaired) electrons. The number of thioether (sulfide) groups is 1. The minimum absolute atomic E-state index is 0.00382. The van der Waals surface area contributed by atoms with Gasteiger partial charge < -0.3 is 9.88 Å². The van der Waals surface area contributed by atoms with E-state index in [1.54, 1.807) is 6.08 Å². The molecule has 98 valence electrons. The first kappa shape index (κ1) is 13.1. The highest BCUT2D eigenvalue weighted by molar-refractivity contribution is 8.00. The number of carbonyl (C=O) groups excluding carboxylic acids is 1. The molecule has 1 aromatic heterocycles. The van der Waals surface area contributed by atoms with Crippen molar-refractivity contribution in [3.8, 4) is 0 Å². The lowest BCUT2D eigenvalue weighted by Crippen LogP contribution is -2.31. The molecule has 6 heteroatoms. The zero-order valence-corrected chi connectivity index (χ0v) is 11.5. The van der Waals surface area contributed by atoms with Gasteiger partial charge in [-0.05, 0) is 19.8 Å². The molecule has 0 bridgehead atoms. The summed E-state index contributed by atoms with van der Waals surface area (Å²) < 4.78 is 2.00. The van der Waals surface area contributed by atoms with Crippen LogP contribution < -0.4 is 5.32 Å². The fourth-order valence-electron chi connectivity index (χ4n) is 1.65. The number of hydrogen-bond donors (Lipinski definition) is 1. The maximum absolute atomic E-state index is 11.7. The molecular formula is C12H18N4OS. The van der Waals surface area contributed by atoms with E-state index in [-0.39, 0.29) is 11.2 Å².